The van der Waals surface area contributed by atoms with Gasteiger partial charge in [-0.15, -0.1) is 12.4 Å². The van der Waals surface area contributed by atoms with E-state index in [4.69, 9.17) is 4.74 Å². The molecule has 0 unspecified atom stereocenters. The Bertz CT molecular complexity index is 724. The molecular formula is C14H22ClN3O6S. The zero-order chi connectivity index (χ0) is 18.3. The Kier molecular flexibility index (Phi) is 9.57. The molecule has 0 aliphatic heterocycles. The van der Waals surface area contributed by atoms with E-state index in [-0.39, 0.29) is 41.6 Å². The number of carbonyl (C=O) groups excluding carboxylic acids is 1. The van der Waals surface area contributed by atoms with Gasteiger partial charge in [0.2, 0.25) is 10.0 Å². The minimum absolute atomic E-state index is 0. The molecule has 9 nitrogen and oxygen atoms in total. The molecule has 0 heterocycles. The van der Waals surface area contributed by atoms with Crippen molar-refractivity contribution in [1.82, 2.24) is 10.0 Å². The lowest BCUT2D eigenvalue weighted by atomic mass is 10.1. The molecule has 2 N–H and O–H groups in total. The molecule has 0 aliphatic rings. The van der Waals surface area contributed by atoms with Gasteiger partial charge in [-0.05, 0) is 39.9 Å². The van der Waals surface area contributed by atoms with Crippen LogP contribution in [-0.2, 0) is 14.8 Å². The summed E-state index contributed by atoms with van der Waals surface area (Å²) in [6.07, 6.45) is 0.550. The van der Waals surface area contributed by atoms with Gasteiger partial charge in [-0.2, -0.15) is 0 Å². The Labute approximate surface area is 152 Å². The van der Waals surface area contributed by atoms with Crippen LogP contribution in [0.25, 0.3) is 0 Å². The van der Waals surface area contributed by atoms with Crippen LogP contribution in [0, 0.1) is 17.0 Å². The number of rotatable bonds is 9. The summed E-state index contributed by atoms with van der Waals surface area (Å²) in [5.41, 5.74) is -0.523. The second-order valence-electron chi connectivity index (χ2n) is 4.95. The van der Waals surface area contributed by atoms with Crippen LogP contribution in [-0.4, -0.2) is 46.1 Å². The number of nitrogens with zero attached hydrogens (tertiary/aromatic N) is 1. The number of nitrogens with one attached hydrogen (secondary N) is 2. The van der Waals surface area contributed by atoms with Gasteiger partial charge in [-0.3, -0.25) is 10.1 Å². The molecule has 0 amide bonds. The van der Waals surface area contributed by atoms with Gasteiger partial charge in [0.25, 0.3) is 5.69 Å². The lowest BCUT2D eigenvalue weighted by Gasteiger charge is -2.11. The van der Waals surface area contributed by atoms with Crippen molar-refractivity contribution < 1.29 is 22.9 Å². The lowest BCUT2D eigenvalue weighted by Crippen LogP contribution is -2.27. The summed E-state index contributed by atoms with van der Waals surface area (Å²) in [6.45, 7) is 3.82. The number of hydrogen-bond donors (Lipinski definition) is 2. The smallest absolute Gasteiger partial charge is 0.338 e. The fraction of sp³-hybridized carbons (Fsp3) is 0.500. The van der Waals surface area contributed by atoms with Gasteiger partial charge in [0.1, 0.15) is 0 Å². The molecule has 0 spiro atoms. The van der Waals surface area contributed by atoms with Crippen LogP contribution in [0.3, 0.4) is 0 Å². The van der Waals surface area contributed by atoms with Gasteiger partial charge in [0, 0.05) is 18.2 Å². The number of halogens is 1. The zero-order valence-corrected chi connectivity index (χ0v) is 15.8. The number of sulfonamides is 1. The van der Waals surface area contributed by atoms with E-state index in [2.05, 4.69) is 10.0 Å². The highest BCUT2D eigenvalue weighted by Gasteiger charge is 2.26. The molecule has 1 aromatic carbocycles. The summed E-state index contributed by atoms with van der Waals surface area (Å²) >= 11 is 0. The summed E-state index contributed by atoms with van der Waals surface area (Å²) in [6, 6.07) is 2.04. The molecule has 0 aromatic heterocycles. The molecule has 0 fully saturated rings. The van der Waals surface area contributed by atoms with Crippen molar-refractivity contribution in [1.29, 1.82) is 0 Å². The highest BCUT2D eigenvalue weighted by molar-refractivity contribution is 7.89. The monoisotopic (exact) mass is 395 g/mol. The first kappa shape index (κ1) is 23.2. The summed E-state index contributed by atoms with van der Waals surface area (Å²) < 4.78 is 31.8. The number of hydrogen-bond acceptors (Lipinski definition) is 7. The lowest BCUT2D eigenvalue weighted by molar-refractivity contribution is -0.385. The maximum atomic E-state index is 12.3. The Morgan fingerprint density at radius 1 is 1.32 bits per heavy atom. The van der Waals surface area contributed by atoms with E-state index < -0.39 is 26.6 Å². The predicted octanol–water partition coefficient (Wildman–Crippen LogP) is 1.39. The third kappa shape index (κ3) is 6.24. The molecule has 25 heavy (non-hydrogen) atoms. The molecule has 1 rings (SSSR count). The average Bonchev–Trinajstić information content (AvgIpc) is 2.51. The maximum absolute atomic E-state index is 12.3. The first-order valence-electron chi connectivity index (χ1n) is 7.35. The topological polar surface area (TPSA) is 128 Å². The minimum atomic E-state index is -3.97. The van der Waals surface area contributed by atoms with Crippen LogP contribution in [0.4, 0.5) is 5.69 Å². The Morgan fingerprint density at radius 3 is 2.48 bits per heavy atom. The second kappa shape index (κ2) is 10.3. The molecule has 0 aliphatic carbocycles. The van der Waals surface area contributed by atoms with E-state index in [1.165, 1.54) is 6.92 Å². The van der Waals surface area contributed by atoms with Gasteiger partial charge < -0.3 is 10.1 Å². The molecule has 0 radical (unpaired) electrons. The van der Waals surface area contributed by atoms with E-state index in [1.54, 1.807) is 14.0 Å². The summed E-state index contributed by atoms with van der Waals surface area (Å²) in [5.74, 6) is -0.801. The normalized spacial score (nSPS) is 10.8. The van der Waals surface area contributed by atoms with Crippen LogP contribution < -0.4 is 10.0 Å². The molecule has 142 valence electrons. The number of nitro groups is 1. The van der Waals surface area contributed by atoms with Crippen molar-refractivity contribution in [3.8, 4) is 0 Å². The Morgan fingerprint density at radius 2 is 1.96 bits per heavy atom. The number of carbonyl (C=O) groups is 1. The highest BCUT2D eigenvalue weighted by Crippen LogP contribution is 2.27. The van der Waals surface area contributed by atoms with Crippen LogP contribution in [0.1, 0.15) is 29.3 Å². The Hall–Kier alpha value is -1.75. The fourth-order valence-electron chi connectivity index (χ4n) is 1.99. The maximum Gasteiger partial charge on any atom is 0.338 e. The van der Waals surface area contributed by atoms with Gasteiger partial charge in [0.05, 0.1) is 22.0 Å². The average molecular weight is 396 g/mol. The van der Waals surface area contributed by atoms with Crippen molar-refractivity contribution >= 4 is 34.1 Å². The highest BCUT2D eigenvalue weighted by atomic mass is 35.5. The zero-order valence-electron chi connectivity index (χ0n) is 14.2. The Balaban J connectivity index is 0.00000576. The SMILES string of the molecule is CCOC(=O)c1cc(S(=O)(=O)NCCCNC)cc([N+](=O)[O-])c1C.Cl. The summed E-state index contributed by atoms with van der Waals surface area (Å²) in [7, 11) is -2.23. The third-order valence-corrected chi connectivity index (χ3v) is 4.69. The molecule has 0 atom stereocenters. The standard InChI is InChI=1S/C14H21N3O6S.ClH/c1-4-23-14(18)12-8-11(9-13(10(12)2)17(19)20)24(21,22)16-7-5-6-15-3;/h8-9,15-16H,4-7H2,1-3H3;1H. The van der Waals surface area contributed by atoms with Gasteiger partial charge in [-0.1, -0.05) is 0 Å². The number of esters is 1. The molecule has 0 saturated heterocycles. The van der Waals surface area contributed by atoms with Crippen molar-refractivity contribution in [2.75, 3.05) is 26.7 Å². The molecule has 1 aromatic rings. The summed E-state index contributed by atoms with van der Waals surface area (Å²) in [5, 5.41) is 14.0. The largest absolute Gasteiger partial charge is 0.462 e. The second-order valence-corrected chi connectivity index (χ2v) is 6.71. The summed E-state index contributed by atoms with van der Waals surface area (Å²) in [4.78, 5) is 22.0. The fourth-order valence-corrected chi connectivity index (χ4v) is 3.11. The third-order valence-electron chi connectivity index (χ3n) is 3.25. The van der Waals surface area contributed by atoms with E-state index in [0.717, 1.165) is 12.1 Å². The van der Waals surface area contributed by atoms with Crippen LogP contribution in [0.15, 0.2) is 17.0 Å². The van der Waals surface area contributed by atoms with Crippen molar-refractivity contribution in [2.24, 2.45) is 0 Å². The van der Waals surface area contributed by atoms with Crippen LogP contribution in [0.2, 0.25) is 0 Å². The van der Waals surface area contributed by atoms with Gasteiger partial charge >= 0.3 is 5.97 Å². The molecule has 0 bridgehead atoms. The van der Waals surface area contributed by atoms with Gasteiger partial charge in [0.15, 0.2) is 0 Å². The minimum Gasteiger partial charge on any atom is -0.462 e. The van der Waals surface area contributed by atoms with Crippen molar-refractivity contribution in [3.05, 3.63) is 33.4 Å². The molecule has 0 saturated carbocycles. The van der Waals surface area contributed by atoms with Crippen molar-refractivity contribution in [2.45, 2.75) is 25.2 Å². The van der Waals surface area contributed by atoms with E-state index in [1.807, 2.05) is 0 Å². The molecular weight excluding hydrogens is 374 g/mol. The predicted molar refractivity (Wildman–Crippen MR) is 94.8 cm³/mol. The number of nitro benzene ring substituents is 1. The molecule has 11 heteroatoms. The van der Waals surface area contributed by atoms with E-state index in [0.29, 0.717) is 13.0 Å². The van der Waals surface area contributed by atoms with Crippen LogP contribution in [0.5, 0.6) is 0 Å². The quantitative estimate of drug-likeness (QED) is 0.280. The van der Waals surface area contributed by atoms with Gasteiger partial charge in [-0.25, -0.2) is 17.9 Å². The van der Waals surface area contributed by atoms with Crippen molar-refractivity contribution in [3.63, 3.8) is 0 Å². The first-order chi connectivity index (χ1) is 11.2. The van der Waals surface area contributed by atoms with Crippen LogP contribution >= 0.6 is 12.4 Å². The number of benzene rings is 1. The van der Waals surface area contributed by atoms with E-state index >= 15 is 0 Å². The van der Waals surface area contributed by atoms with E-state index in [9.17, 15) is 23.3 Å². The number of ether oxygens (including phenoxy) is 1. The first-order valence-corrected chi connectivity index (χ1v) is 8.83.